The van der Waals surface area contributed by atoms with Gasteiger partial charge in [-0.15, -0.1) is 0 Å². The van der Waals surface area contributed by atoms with Gasteiger partial charge in [-0.05, 0) is 47.5 Å². The average molecular weight is 336 g/mol. The molecule has 0 atom stereocenters. The summed E-state index contributed by atoms with van der Waals surface area (Å²) in [5, 5.41) is 39.3. The third-order valence-electron chi connectivity index (χ3n) is 4.03. The molecule has 4 N–H and O–H groups in total. The lowest BCUT2D eigenvalue weighted by atomic mass is 10.0. The molecule has 0 spiro atoms. The molecular weight excluding hydrogens is 324 g/mol. The summed E-state index contributed by atoms with van der Waals surface area (Å²) in [4.78, 5) is 12.6. The quantitative estimate of drug-likeness (QED) is 0.313. The molecule has 0 unspecified atom stereocenters. The van der Waals surface area contributed by atoms with Crippen LogP contribution >= 0.6 is 0 Å². The van der Waals surface area contributed by atoms with Crippen LogP contribution in [0.1, 0.15) is 0 Å². The Balaban J connectivity index is 2.04. The van der Waals surface area contributed by atoms with Crippen LogP contribution in [0.15, 0.2) is 57.7 Å². The molecule has 1 heterocycles. The van der Waals surface area contributed by atoms with E-state index in [0.717, 1.165) is 0 Å². The van der Waals surface area contributed by atoms with Gasteiger partial charge in [-0.3, -0.25) is 4.79 Å². The van der Waals surface area contributed by atoms with E-state index in [-0.39, 0.29) is 39.2 Å². The molecule has 0 aliphatic heterocycles. The molecule has 0 radical (unpaired) electrons. The molecule has 4 aromatic rings. The van der Waals surface area contributed by atoms with Gasteiger partial charge in [0.2, 0.25) is 11.2 Å². The van der Waals surface area contributed by atoms with Gasteiger partial charge in [0, 0.05) is 6.07 Å². The molecule has 0 bridgehead atoms. The summed E-state index contributed by atoms with van der Waals surface area (Å²) in [5.74, 6) is -1.09. The highest BCUT2D eigenvalue weighted by atomic mass is 16.4. The van der Waals surface area contributed by atoms with E-state index >= 15 is 0 Å². The topological polar surface area (TPSA) is 111 Å². The van der Waals surface area contributed by atoms with E-state index in [4.69, 9.17) is 4.42 Å². The molecule has 25 heavy (non-hydrogen) atoms. The van der Waals surface area contributed by atoms with Gasteiger partial charge in [-0.25, -0.2) is 0 Å². The van der Waals surface area contributed by atoms with Crippen LogP contribution in [0.25, 0.3) is 33.1 Å². The van der Waals surface area contributed by atoms with Crippen molar-refractivity contribution < 1.29 is 24.8 Å². The monoisotopic (exact) mass is 336 g/mol. The zero-order valence-corrected chi connectivity index (χ0v) is 12.7. The van der Waals surface area contributed by atoms with Crippen molar-refractivity contribution in [2.75, 3.05) is 0 Å². The number of phenolic OH excluding ortho intramolecular Hbond substituents is 4. The van der Waals surface area contributed by atoms with E-state index in [0.29, 0.717) is 16.5 Å². The smallest absolute Gasteiger partial charge is 0.201 e. The summed E-state index contributed by atoms with van der Waals surface area (Å²) in [7, 11) is 0. The third kappa shape index (κ3) is 2.31. The van der Waals surface area contributed by atoms with Crippen LogP contribution in [0.2, 0.25) is 0 Å². The van der Waals surface area contributed by atoms with Crippen LogP contribution in [-0.2, 0) is 0 Å². The third-order valence-corrected chi connectivity index (χ3v) is 4.03. The fourth-order valence-corrected chi connectivity index (χ4v) is 2.83. The molecule has 124 valence electrons. The number of hydrogen-bond donors (Lipinski definition) is 4. The van der Waals surface area contributed by atoms with Crippen LogP contribution in [0.5, 0.6) is 23.0 Å². The molecule has 0 aliphatic rings. The van der Waals surface area contributed by atoms with Gasteiger partial charge >= 0.3 is 0 Å². The van der Waals surface area contributed by atoms with E-state index in [9.17, 15) is 25.2 Å². The zero-order valence-electron chi connectivity index (χ0n) is 12.7. The summed E-state index contributed by atoms with van der Waals surface area (Å²) in [5.41, 5.74) is 0.895. The van der Waals surface area contributed by atoms with Crippen LogP contribution in [-0.4, -0.2) is 20.4 Å². The Labute approximate surface area is 140 Å². The summed E-state index contributed by atoms with van der Waals surface area (Å²) < 4.78 is 5.63. The van der Waals surface area contributed by atoms with Gasteiger partial charge in [0.15, 0.2) is 11.3 Å². The van der Waals surface area contributed by atoms with Gasteiger partial charge in [-0.1, -0.05) is 6.07 Å². The Morgan fingerprint density at radius 2 is 1.40 bits per heavy atom. The van der Waals surface area contributed by atoms with E-state index in [1.54, 1.807) is 18.2 Å². The standard InChI is InChI=1S/C19H12O6/c20-11-5-10(6-12(21)8-11)9-1-2-13-16(7-9)25-19-14(17(13)23)3-4-15(22)18(19)24/h1-8,20-22,24H. The van der Waals surface area contributed by atoms with Gasteiger partial charge < -0.3 is 24.8 Å². The number of hydrogen-bond acceptors (Lipinski definition) is 6. The maximum Gasteiger partial charge on any atom is 0.201 e. The largest absolute Gasteiger partial charge is 0.508 e. The zero-order chi connectivity index (χ0) is 17.7. The Morgan fingerprint density at radius 1 is 0.720 bits per heavy atom. The van der Waals surface area contributed by atoms with Crippen LogP contribution in [0, 0.1) is 0 Å². The van der Waals surface area contributed by atoms with Crippen molar-refractivity contribution in [1.82, 2.24) is 0 Å². The number of phenols is 4. The first-order chi connectivity index (χ1) is 11.9. The Hall–Kier alpha value is -3.67. The Bertz CT molecular complexity index is 1190. The lowest BCUT2D eigenvalue weighted by Crippen LogP contribution is -2.02. The lowest BCUT2D eigenvalue weighted by Gasteiger charge is -2.07. The SMILES string of the molecule is O=c1c2ccc(-c3cc(O)cc(O)c3)cc2oc2c(O)c(O)ccc12. The van der Waals surface area contributed by atoms with Crippen molar-refractivity contribution in [3.05, 3.63) is 58.8 Å². The Morgan fingerprint density at radius 3 is 2.12 bits per heavy atom. The summed E-state index contributed by atoms with van der Waals surface area (Å²) >= 11 is 0. The van der Waals surface area contributed by atoms with E-state index < -0.39 is 5.75 Å². The second-order valence-corrected chi connectivity index (χ2v) is 5.69. The fraction of sp³-hybridized carbons (Fsp3) is 0. The van der Waals surface area contributed by atoms with Gasteiger partial charge in [0.25, 0.3) is 0 Å². The van der Waals surface area contributed by atoms with Crippen LogP contribution < -0.4 is 5.43 Å². The molecule has 0 amide bonds. The van der Waals surface area contributed by atoms with Crippen LogP contribution in [0.4, 0.5) is 0 Å². The highest BCUT2D eigenvalue weighted by Gasteiger charge is 2.14. The van der Waals surface area contributed by atoms with Gasteiger partial charge in [-0.2, -0.15) is 0 Å². The first kappa shape index (κ1) is 14.9. The minimum Gasteiger partial charge on any atom is -0.508 e. The predicted molar refractivity (Wildman–Crippen MR) is 92.1 cm³/mol. The normalized spacial score (nSPS) is 11.2. The molecule has 6 nitrogen and oxygen atoms in total. The fourth-order valence-electron chi connectivity index (χ4n) is 2.83. The molecule has 0 saturated carbocycles. The first-order valence-corrected chi connectivity index (χ1v) is 7.39. The van der Waals surface area contributed by atoms with Crippen molar-refractivity contribution in [3.8, 4) is 34.1 Å². The number of fused-ring (bicyclic) bond motifs is 2. The minimum absolute atomic E-state index is 0.0994. The van der Waals surface area contributed by atoms with Crippen molar-refractivity contribution in [1.29, 1.82) is 0 Å². The van der Waals surface area contributed by atoms with Crippen molar-refractivity contribution in [2.24, 2.45) is 0 Å². The Kier molecular flexibility index (Phi) is 3.08. The maximum absolute atomic E-state index is 12.6. The molecule has 4 rings (SSSR count). The molecular formula is C19H12O6. The lowest BCUT2D eigenvalue weighted by molar-refractivity contribution is 0.401. The average Bonchev–Trinajstić information content (AvgIpc) is 2.57. The highest BCUT2D eigenvalue weighted by Crippen LogP contribution is 2.35. The second-order valence-electron chi connectivity index (χ2n) is 5.69. The number of rotatable bonds is 1. The van der Waals surface area contributed by atoms with Crippen molar-refractivity contribution in [2.45, 2.75) is 0 Å². The predicted octanol–water partition coefficient (Wildman–Crippen LogP) is 3.44. The number of aromatic hydroxyl groups is 4. The molecule has 0 fully saturated rings. The van der Waals surface area contributed by atoms with Gasteiger partial charge in [0.05, 0.1) is 10.8 Å². The van der Waals surface area contributed by atoms with Crippen LogP contribution in [0.3, 0.4) is 0 Å². The first-order valence-electron chi connectivity index (χ1n) is 7.39. The molecule has 6 heteroatoms. The highest BCUT2D eigenvalue weighted by molar-refractivity contribution is 5.94. The molecule has 0 aliphatic carbocycles. The van der Waals surface area contributed by atoms with Crippen molar-refractivity contribution in [3.63, 3.8) is 0 Å². The molecule has 3 aromatic carbocycles. The van der Waals surface area contributed by atoms with Gasteiger partial charge in [0.1, 0.15) is 17.1 Å². The summed E-state index contributed by atoms with van der Waals surface area (Å²) in [6.07, 6.45) is 0. The second kappa shape index (κ2) is 5.17. The molecule has 0 saturated heterocycles. The van der Waals surface area contributed by atoms with E-state index in [1.165, 1.54) is 30.3 Å². The summed E-state index contributed by atoms with van der Waals surface area (Å²) in [6, 6.07) is 11.5. The van der Waals surface area contributed by atoms with Crippen molar-refractivity contribution >= 4 is 21.9 Å². The maximum atomic E-state index is 12.6. The summed E-state index contributed by atoms with van der Waals surface area (Å²) in [6.45, 7) is 0. The minimum atomic E-state index is -0.503. The van der Waals surface area contributed by atoms with E-state index in [1.807, 2.05) is 0 Å². The van der Waals surface area contributed by atoms with E-state index in [2.05, 4.69) is 0 Å². The number of benzene rings is 3. The molecule has 1 aromatic heterocycles.